The van der Waals surface area contributed by atoms with Crippen LogP contribution in [0.1, 0.15) is 6.92 Å². The van der Waals surface area contributed by atoms with Crippen molar-refractivity contribution >= 4 is 35.2 Å². The van der Waals surface area contributed by atoms with E-state index in [1.54, 1.807) is 24.3 Å². The van der Waals surface area contributed by atoms with Gasteiger partial charge in [0.2, 0.25) is 17.7 Å². The Morgan fingerprint density at radius 1 is 1.24 bits per heavy atom. The lowest BCUT2D eigenvalue weighted by atomic mass is 10.3. The number of nitrogens with one attached hydrogen (secondary N) is 1. The van der Waals surface area contributed by atoms with Crippen LogP contribution in [0.2, 0.25) is 0 Å². The van der Waals surface area contributed by atoms with Crippen LogP contribution in [0, 0.1) is 0 Å². The number of carbonyl (C=O) groups is 3. The number of imide groups is 1. The molecule has 0 radical (unpaired) electrons. The molecular formula is C14H16N2O4S. The fourth-order valence-electron chi connectivity index (χ4n) is 1.84. The summed E-state index contributed by atoms with van der Waals surface area (Å²) in [5, 5.41) is 2.65. The van der Waals surface area contributed by atoms with Crippen LogP contribution >= 0.6 is 11.8 Å². The van der Waals surface area contributed by atoms with Crippen molar-refractivity contribution in [2.24, 2.45) is 0 Å². The second kappa shape index (κ2) is 7.12. The third-order valence-electron chi connectivity index (χ3n) is 2.80. The standard InChI is InChI=1S/C14H16N2O4S/c1-2-20-11-5-3-10(4-6-11)15-12(17)7-16-13(18)8-21-9-14(16)19/h3-6H,2,7-9H2,1H3,(H,15,17). The largest absolute Gasteiger partial charge is 0.494 e. The van der Waals surface area contributed by atoms with Crippen molar-refractivity contribution in [2.45, 2.75) is 6.92 Å². The SMILES string of the molecule is CCOc1ccc(NC(=O)CN2C(=O)CSCC2=O)cc1. The van der Waals surface area contributed by atoms with Gasteiger partial charge in [-0.3, -0.25) is 19.3 Å². The van der Waals surface area contributed by atoms with Crippen LogP contribution in [0.5, 0.6) is 5.75 Å². The molecule has 0 spiro atoms. The van der Waals surface area contributed by atoms with E-state index in [1.165, 1.54) is 11.8 Å². The van der Waals surface area contributed by atoms with Gasteiger partial charge in [-0.2, -0.15) is 0 Å². The second-order valence-corrected chi connectivity index (χ2v) is 5.36. The monoisotopic (exact) mass is 308 g/mol. The maximum absolute atomic E-state index is 11.9. The summed E-state index contributed by atoms with van der Waals surface area (Å²) >= 11 is 1.27. The van der Waals surface area contributed by atoms with Crippen molar-refractivity contribution in [2.75, 3.05) is 30.0 Å². The molecule has 2 rings (SSSR count). The summed E-state index contributed by atoms with van der Waals surface area (Å²) in [5.74, 6) is 0.155. The predicted octanol–water partition coefficient (Wildman–Crippen LogP) is 1.13. The lowest BCUT2D eigenvalue weighted by Crippen LogP contribution is -2.46. The van der Waals surface area contributed by atoms with Gasteiger partial charge < -0.3 is 10.1 Å². The number of anilines is 1. The van der Waals surface area contributed by atoms with Gasteiger partial charge in [-0.15, -0.1) is 11.8 Å². The van der Waals surface area contributed by atoms with Gasteiger partial charge in [0, 0.05) is 5.69 Å². The maximum atomic E-state index is 11.9. The fraction of sp³-hybridized carbons (Fsp3) is 0.357. The predicted molar refractivity (Wildman–Crippen MR) is 80.3 cm³/mol. The minimum absolute atomic E-state index is 0.238. The van der Waals surface area contributed by atoms with Crippen LogP contribution in [0.3, 0.4) is 0 Å². The Morgan fingerprint density at radius 2 is 1.86 bits per heavy atom. The number of ether oxygens (including phenoxy) is 1. The average Bonchev–Trinajstić information content (AvgIpc) is 2.45. The van der Waals surface area contributed by atoms with E-state index in [0.717, 1.165) is 4.90 Å². The number of rotatable bonds is 5. The van der Waals surface area contributed by atoms with Crippen LogP contribution in [0.25, 0.3) is 0 Å². The molecule has 6 nitrogen and oxygen atoms in total. The third-order valence-corrected chi connectivity index (χ3v) is 3.71. The lowest BCUT2D eigenvalue weighted by molar-refractivity contribution is -0.144. The molecule has 0 saturated carbocycles. The Labute approximate surface area is 126 Å². The van der Waals surface area contributed by atoms with E-state index in [4.69, 9.17) is 4.74 Å². The molecule has 112 valence electrons. The number of thioether (sulfide) groups is 1. The summed E-state index contributed by atoms with van der Waals surface area (Å²) in [6.45, 7) is 2.22. The summed E-state index contributed by atoms with van der Waals surface area (Å²) in [4.78, 5) is 36.1. The van der Waals surface area contributed by atoms with Crippen molar-refractivity contribution in [1.82, 2.24) is 4.90 Å². The molecule has 1 aliphatic heterocycles. The summed E-state index contributed by atoms with van der Waals surface area (Å²) in [6, 6.07) is 6.90. The Hall–Kier alpha value is -2.02. The minimum Gasteiger partial charge on any atom is -0.494 e. The van der Waals surface area contributed by atoms with Crippen LogP contribution in [-0.2, 0) is 14.4 Å². The van der Waals surface area contributed by atoms with E-state index >= 15 is 0 Å². The lowest BCUT2D eigenvalue weighted by Gasteiger charge is -2.23. The van der Waals surface area contributed by atoms with E-state index in [2.05, 4.69) is 5.32 Å². The van der Waals surface area contributed by atoms with Gasteiger partial charge in [-0.25, -0.2) is 0 Å². The Balaban J connectivity index is 1.91. The highest BCUT2D eigenvalue weighted by molar-refractivity contribution is 8.00. The molecule has 1 aliphatic rings. The smallest absolute Gasteiger partial charge is 0.244 e. The van der Waals surface area contributed by atoms with Gasteiger partial charge in [0.1, 0.15) is 12.3 Å². The number of nitrogens with zero attached hydrogens (tertiary/aromatic N) is 1. The Kier molecular flexibility index (Phi) is 5.21. The number of amides is 3. The highest BCUT2D eigenvalue weighted by Gasteiger charge is 2.28. The molecule has 3 amide bonds. The van der Waals surface area contributed by atoms with E-state index in [-0.39, 0.29) is 29.9 Å². The van der Waals surface area contributed by atoms with Gasteiger partial charge in [0.15, 0.2) is 0 Å². The third kappa shape index (κ3) is 4.22. The number of hydrogen-bond donors (Lipinski definition) is 1. The molecule has 1 aromatic rings. The molecule has 1 aromatic carbocycles. The average molecular weight is 308 g/mol. The number of benzene rings is 1. The molecule has 1 fully saturated rings. The van der Waals surface area contributed by atoms with E-state index < -0.39 is 5.91 Å². The van der Waals surface area contributed by atoms with Gasteiger partial charge in [-0.1, -0.05) is 0 Å². The molecular weight excluding hydrogens is 292 g/mol. The first-order chi connectivity index (χ1) is 10.1. The van der Waals surface area contributed by atoms with E-state index in [1.807, 2.05) is 6.92 Å². The van der Waals surface area contributed by atoms with Gasteiger partial charge >= 0.3 is 0 Å². The quantitative estimate of drug-likeness (QED) is 0.825. The number of hydrogen-bond acceptors (Lipinski definition) is 5. The normalized spacial score (nSPS) is 15.0. The maximum Gasteiger partial charge on any atom is 0.244 e. The summed E-state index contributed by atoms with van der Waals surface area (Å²) < 4.78 is 5.30. The van der Waals surface area contributed by atoms with Crippen molar-refractivity contribution in [3.8, 4) is 5.75 Å². The summed E-state index contributed by atoms with van der Waals surface area (Å²) in [6.07, 6.45) is 0. The number of carbonyl (C=O) groups excluding carboxylic acids is 3. The molecule has 0 aromatic heterocycles. The van der Waals surface area contributed by atoms with Crippen molar-refractivity contribution in [3.63, 3.8) is 0 Å². The molecule has 0 aliphatic carbocycles. The molecule has 1 N–H and O–H groups in total. The molecule has 0 atom stereocenters. The van der Waals surface area contributed by atoms with Crippen molar-refractivity contribution < 1.29 is 19.1 Å². The van der Waals surface area contributed by atoms with Crippen LogP contribution in [0.4, 0.5) is 5.69 Å². The zero-order chi connectivity index (χ0) is 15.2. The summed E-state index contributed by atoms with van der Waals surface area (Å²) in [5.41, 5.74) is 0.592. The first-order valence-corrected chi connectivity index (χ1v) is 7.69. The topological polar surface area (TPSA) is 75.7 Å². The molecule has 0 bridgehead atoms. The first kappa shape index (κ1) is 15.4. The van der Waals surface area contributed by atoms with E-state index in [9.17, 15) is 14.4 Å². The zero-order valence-corrected chi connectivity index (χ0v) is 12.4. The van der Waals surface area contributed by atoms with Crippen molar-refractivity contribution in [1.29, 1.82) is 0 Å². The van der Waals surface area contributed by atoms with Crippen LogP contribution in [0.15, 0.2) is 24.3 Å². The van der Waals surface area contributed by atoms with E-state index in [0.29, 0.717) is 18.0 Å². The first-order valence-electron chi connectivity index (χ1n) is 6.54. The van der Waals surface area contributed by atoms with Gasteiger partial charge in [0.25, 0.3) is 0 Å². The summed E-state index contributed by atoms with van der Waals surface area (Å²) in [7, 11) is 0. The van der Waals surface area contributed by atoms with Gasteiger partial charge in [-0.05, 0) is 31.2 Å². The zero-order valence-electron chi connectivity index (χ0n) is 11.6. The molecule has 1 saturated heterocycles. The molecule has 0 unspecified atom stereocenters. The van der Waals surface area contributed by atoms with Gasteiger partial charge in [0.05, 0.1) is 18.1 Å². The van der Waals surface area contributed by atoms with Crippen molar-refractivity contribution in [3.05, 3.63) is 24.3 Å². The Morgan fingerprint density at radius 3 is 2.43 bits per heavy atom. The van der Waals surface area contributed by atoms with Crippen LogP contribution < -0.4 is 10.1 Å². The molecule has 21 heavy (non-hydrogen) atoms. The van der Waals surface area contributed by atoms with Crippen LogP contribution in [-0.4, -0.2) is 47.3 Å². The fourth-order valence-corrected chi connectivity index (χ4v) is 2.61. The minimum atomic E-state index is -0.396. The Bertz CT molecular complexity index is 528. The highest BCUT2D eigenvalue weighted by atomic mass is 32.2. The second-order valence-electron chi connectivity index (χ2n) is 4.37. The molecule has 7 heteroatoms. The highest BCUT2D eigenvalue weighted by Crippen LogP contribution is 2.16. The molecule has 1 heterocycles.